The van der Waals surface area contributed by atoms with Crippen molar-refractivity contribution in [3.8, 4) is 5.82 Å². The van der Waals surface area contributed by atoms with Crippen LogP contribution in [0.5, 0.6) is 0 Å². The molecular formula is C22H33IN6O2. The molecule has 0 spiro atoms. The molecule has 0 bridgehead atoms. The van der Waals surface area contributed by atoms with Gasteiger partial charge in [0.2, 0.25) is 0 Å². The summed E-state index contributed by atoms with van der Waals surface area (Å²) in [6, 6.07) is 6.05. The lowest BCUT2D eigenvalue weighted by molar-refractivity contribution is -0.149. The number of guanidine groups is 1. The number of aliphatic imine (C=N–C) groups is 1. The van der Waals surface area contributed by atoms with Gasteiger partial charge in [-0.05, 0) is 58.2 Å². The molecule has 3 heterocycles. The van der Waals surface area contributed by atoms with Crippen LogP contribution in [0.1, 0.15) is 43.6 Å². The highest BCUT2D eigenvalue weighted by Crippen LogP contribution is 2.19. The second kappa shape index (κ2) is 12.0. The Morgan fingerprint density at radius 3 is 2.55 bits per heavy atom. The molecule has 1 aliphatic rings. The Bertz CT molecular complexity index is 873. The summed E-state index contributed by atoms with van der Waals surface area (Å²) in [5, 5.41) is 7.84. The van der Waals surface area contributed by atoms with Crippen LogP contribution in [0, 0.1) is 19.8 Å². The third kappa shape index (κ3) is 6.65. The van der Waals surface area contributed by atoms with Crippen molar-refractivity contribution in [3.05, 3.63) is 41.3 Å². The Balaban J connectivity index is 0.00000341. The van der Waals surface area contributed by atoms with Crippen LogP contribution in [0.15, 0.2) is 29.4 Å². The van der Waals surface area contributed by atoms with E-state index in [2.05, 4.69) is 27.2 Å². The number of hydrogen-bond donors (Lipinski definition) is 1. The van der Waals surface area contributed by atoms with Crippen molar-refractivity contribution in [2.45, 2.75) is 47.1 Å². The molecule has 2 aromatic rings. The molecule has 3 rings (SSSR count). The zero-order chi connectivity index (χ0) is 21.5. The minimum absolute atomic E-state index is 0. The number of likely N-dealkylation sites (tertiary alicyclic amines) is 1. The topological polar surface area (TPSA) is 84.6 Å². The van der Waals surface area contributed by atoms with Gasteiger partial charge in [-0.3, -0.25) is 4.79 Å². The number of ether oxygens (including phenoxy) is 1. The van der Waals surface area contributed by atoms with E-state index in [9.17, 15) is 4.79 Å². The number of aromatic nitrogens is 3. The molecule has 2 aromatic heterocycles. The number of nitrogens with one attached hydrogen (secondary N) is 1. The zero-order valence-corrected chi connectivity index (χ0v) is 21.1. The summed E-state index contributed by atoms with van der Waals surface area (Å²) in [5.74, 6) is 1.60. The maximum absolute atomic E-state index is 12.0. The maximum Gasteiger partial charge on any atom is 0.309 e. The van der Waals surface area contributed by atoms with Crippen LogP contribution in [0.25, 0.3) is 5.82 Å². The number of rotatable bonds is 6. The first-order chi connectivity index (χ1) is 14.5. The molecule has 1 fully saturated rings. The van der Waals surface area contributed by atoms with Crippen molar-refractivity contribution in [1.29, 1.82) is 0 Å². The summed E-state index contributed by atoms with van der Waals surface area (Å²) in [7, 11) is 0. The van der Waals surface area contributed by atoms with E-state index in [1.807, 2.05) is 49.8 Å². The molecule has 0 amide bonds. The van der Waals surface area contributed by atoms with Gasteiger partial charge < -0.3 is 15.0 Å². The molecule has 0 unspecified atom stereocenters. The summed E-state index contributed by atoms with van der Waals surface area (Å²) >= 11 is 0. The highest BCUT2D eigenvalue weighted by atomic mass is 127. The fourth-order valence-corrected chi connectivity index (χ4v) is 3.68. The van der Waals surface area contributed by atoms with E-state index in [0.717, 1.165) is 61.2 Å². The molecule has 1 N–H and O–H groups in total. The lowest BCUT2D eigenvalue weighted by Gasteiger charge is -2.33. The Labute approximate surface area is 201 Å². The number of carbonyl (C=O) groups excluding carboxylic acids is 1. The van der Waals surface area contributed by atoms with Gasteiger partial charge in [-0.1, -0.05) is 6.07 Å². The van der Waals surface area contributed by atoms with Gasteiger partial charge in [0.25, 0.3) is 0 Å². The van der Waals surface area contributed by atoms with E-state index in [1.165, 1.54) is 0 Å². The predicted molar refractivity (Wildman–Crippen MR) is 132 cm³/mol. The quantitative estimate of drug-likeness (QED) is 0.262. The van der Waals surface area contributed by atoms with Gasteiger partial charge in [0.1, 0.15) is 0 Å². The Kier molecular flexibility index (Phi) is 9.73. The molecule has 1 aliphatic heterocycles. The van der Waals surface area contributed by atoms with Crippen LogP contribution < -0.4 is 5.32 Å². The molecule has 0 aliphatic carbocycles. The molecule has 9 heteroatoms. The predicted octanol–water partition coefficient (Wildman–Crippen LogP) is 3.24. The average Bonchev–Trinajstić information content (AvgIpc) is 3.09. The van der Waals surface area contributed by atoms with Crippen LogP contribution in [0.3, 0.4) is 0 Å². The summed E-state index contributed by atoms with van der Waals surface area (Å²) < 4.78 is 7.01. The number of aryl methyl sites for hydroxylation is 2. The van der Waals surface area contributed by atoms with E-state index < -0.39 is 0 Å². The van der Waals surface area contributed by atoms with Crippen molar-refractivity contribution in [1.82, 2.24) is 25.0 Å². The second-order valence-electron chi connectivity index (χ2n) is 7.55. The van der Waals surface area contributed by atoms with Gasteiger partial charge in [0.05, 0.1) is 24.8 Å². The molecule has 0 aromatic carbocycles. The summed E-state index contributed by atoms with van der Waals surface area (Å²) in [5.41, 5.74) is 3.08. The minimum Gasteiger partial charge on any atom is -0.466 e. The molecule has 8 nitrogen and oxygen atoms in total. The normalized spacial score (nSPS) is 14.8. The van der Waals surface area contributed by atoms with Crippen molar-refractivity contribution >= 4 is 35.9 Å². The number of pyridine rings is 1. The standard InChI is InChI=1S/C22H32N6O2.HI/c1-5-23-22(27-11-9-19(10-12-27)21(29)30-6-2)25-15-18-7-8-20(24-14-18)28-17(4)13-16(3)26-28;/h7-8,13-14,19H,5-6,9-12,15H2,1-4H3,(H,23,25);1H. The Morgan fingerprint density at radius 2 is 2.00 bits per heavy atom. The molecule has 0 atom stereocenters. The average molecular weight is 540 g/mol. The molecule has 0 radical (unpaired) electrons. The highest BCUT2D eigenvalue weighted by Gasteiger charge is 2.27. The lowest BCUT2D eigenvalue weighted by atomic mass is 9.97. The number of halogens is 1. The first kappa shape index (κ1) is 25.1. The van der Waals surface area contributed by atoms with E-state index in [1.54, 1.807) is 0 Å². The van der Waals surface area contributed by atoms with Crippen LogP contribution >= 0.6 is 24.0 Å². The van der Waals surface area contributed by atoms with Gasteiger partial charge in [-0.2, -0.15) is 5.10 Å². The Hall–Kier alpha value is -2.17. The smallest absolute Gasteiger partial charge is 0.309 e. The van der Waals surface area contributed by atoms with Crippen LogP contribution in [0.4, 0.5) is 0 Å². The fourth-order valence-electron chi connectivity index (χ4n) is 3.68. The van der Waals surface area contributed by atoms with E-state index >= 15 is 0 Å². The van der Waals surface area contributed by atoms with Crippen molar-refractivity contribution in [3.63, 3.8) is 0 Å². The molecule has 31 heavy (non-hydrogen) atoms. The van der Waals surface area contributed by atoms with Gasteiger partial charge in [0, 0.05) is 31.5 Å². The summed E-state index contributed by atoms with van der Waals surface area (Å²) in [6.45, 7) is 11.3. The number of hydrogen-bond acceptors (Lipinski definition) is 5. The van der Waals surface area contributed by atoms with Gasteiger partial charge in [-0.25, -0.2) is 14.7 Å². The largest absolute Gasteiger partial charge is 0.466 e. The first-order valence-corrected chi connectivity index (χ1v) is 10.7. The second-order valence-corrected chi connectivity index (χ2v) is 7.55. The zero-order valence-electron chi connectivity index (χ0n) is 18.8. The maximum atomic E-state index is 12.0. The van der Waals surface area contributed by atoms with Crippen LogP contribution in [0.2, 0.25) is 0 Å². The van der Waals surface area contributed by atoms with Crippen molar-refractivity contribution < 1.29 is 9.53 Å². The Morgan fingerprint density at radius 1 is 1.26 bits per heavy atom. The highest BCUT2D eigenvalue weighted by molar-refractivity contribution is 14.0. The third-order valence-corrected chi connectivity index (χ3v) is 5.20. The van der Waals surface area contributed by atoms with E-state index in [-0.39, 0.29) is 35.9 Å². The summed E-state index contributed by atoms with van der Waals surface area (Å²) in [6.07, 6.45) is 3.44. The fraction of sp³-hybridized carbons (Fsp3) is 0.545. The first-order valence-electron chi connectivity index (χ1n) is 10.7. The van der Waals surface area contributed by atoms with Gasteiger partial charge in [0.15, 0.2) is 11.8 Å². The van der Waals surface area contributed by atoms with Gasteiger partial charge in [-0.15, -0.1) is 24.0 Å². The van der Waals surface area contributed by atoms with Crippen molar-refractivity contribution in [2.24, 2.45) is 10.9 Å². The minimum atomic E-state index is -0.0760. The number of nitrogens with zero attached hydrogens (tertiary/aromatic N) is 5. The lowest BCUT2D eigenvalue weighted by Crippen LogP contribution is -2.46. The van der Waals surface area contributed by atoms with E-state index in [4.69, 9.17) is 9.73 Å². The third-order valence-electron chi connectivity index (χ3n) is 5.20. The number of piperidine rings is 1. The van der Waals surface area contributed by atoms with Crippen molar-refractivity contribution in [2.75, 3.05) is 26.2 Å². The summed E-state index contributed by atoms with van der Waals surface area (Å²) in [4.78, 5) is 23.5. The van der Waals surface area contributed by atoms with Gasteiger partial charge >= 0.3 is 5.97 Å². The molecule has 170 valence electrons. The SMILES string of the molecule is CCNC(=NCc1ccc(-n2nc(C)cc2C)nc1)N1CCC(C(=O)OCC)CC1.I. The molecular weight excluding hydrogens is 507 g/mol. The van der Waals surface area contributed by atoms with Crippen LogP contribution in [-0.4, -0.2) is 57.8 Å². The number of carbonyl (C=O) groups is 1. The van der Waals surface area contributed by atoms with E-state index in [0.29, 0.717) is 13.2 Å². The number of esters is 1. The van der Waals surface area contributed by atoms with Crippen LogP contribution in [-0.2, 0) is 16.1 Å². The molecule has 1 saturated heterocycles. The molecule has 0 saturated carbocycles. The monoisotopic (exact) mass is 540 g/mol.